The van der Waals surface area contributed by atoms with E-state index in [0.717, 1.165) is 63.5 Å². The first-order valence-corrected chi connectivity index (χ1v) is 29.3. The zero-order valence-electron chi connectivity index (χ0n) is 51.8. The van der Waals surface area contributed by atoms with Gasteiger partial charge in [-0.3, -0.25) is 0 Å². The van der Waals surface area contributed by atoms with E-state index in [9.17, 15) is 0 Å². The Bertz CT molecular complexity index is 3400. The molecule has 0 amide bonds. The fourth-order valence-electron chi connectivity index (χ4n) is 11.9. The van der Waals surface area contributed by atoms with Crippen LogP contribution < -0.4 is 28.1 Å². The lowest BCUT2D eigenvalue weighted by Crippen LogP contribution is -2.42. The van der Waals surface area contributed by atoms with Crippen LogP contribution in [0.25, 0.3) is 0 Å². The molecule has 8 nitrogen and oxygen atoms in total. The van der Waals surface area contributed by atoms with Crippen LogP contribution in [0.1, 0.15) is 151 Å². The van der Waals surface area contributed by atoms with E-state index in [1.807, 2.05) is 27.7 Å². The van der Waals surface area contributed by atoms with Gasteiger partial charge in [0, 0.05) is 150 Å². The highest BCUT2D eigenvalue weighted by atomic mass is 15.4. The molecule has 0 saturated carbocycles. The Morgan fingerprint density at radius 2 is 0.675 bits per heavy atom. The second-order valence-electron chi connectivity index (χ2n) is 22.2. The Hall–Kier alpha value is -7.58. The van der Waals surface area contributed by atoms with Crippen LogP contribution in [0.5, 0.6) is 0 Å². The topological polar surface area (TPSA) is 46.7 Å². The Morgan fingerprint density at radius 3 is 1.02 bits per heavy atom. The minimum absolute atomic E-state index is 0.721. The van der Waals surface area contributed by atoms with Crippen LogP contribution in [0.4, 0.5) is 11.4 Å². The molecule has 0 N–H and O–H groups in total. The van der Waals surface area contributed by atoms with Gasteiger partial charge < -0.3 is 9.80 Å². The van der Waals surface area contributed by atoms with E-state index in [1.54, 1.807) is 0 Å². The van der Waals surface area contributed by atoms with E-state index in [0.29, 0.717) is 0 Å². The van der Waals surface area contributed by atoms with Crippen molar-refractivity contribution in [2.75, 3.05) is 9.80 Å². The van der Waals surface area contributed by atoms with E-state index in [-0.39, 0.29) is 0 Å². The Labute approximate surface area is 480 Å². The molecule has 0 aliphatic carbocycles. The van der Waals surface area contributed by atoms with Gasteiger partial charge in [0.15, 0.2) is 58.6 Å². The van der Waals surface area contributed by atoms with Gasteiger partial charge in [-0.1, -0.05) is 113 Å². The van der Waals surface area contributed by atoms with Crippen LogP contribution in [-0.4, -0.2) is 11.7 Å². The van der Waals surface area contributed by atoms with Crippen molar-refractivity contribution in [1.82, 2.24) is 0 Å². The number of hydrogen-bond acceptors (Lipinski definition) is 2. The maximum atomic E-state index is 5.13. The average molecular weight is 1070 g/mol. The van der Waals surface area contributed by atoms with Crippen LogP contribution >= 0.6 is 0 Å². The van der Waals surface area contributed by atoms with Crippen LogP contribution in [-0.2, 0) is 66.0 Å². The van der Waals surface area contributed by atoms with Gasteiger partial charge in [-0.05, 0) is 97.2 Å². The first-order chi connectivity index (χ1) is 38.4. The summed E-state index contributed by atoms with van der Waals surface area (Å²) in [5.74, 6) is 1.95. The number of para-hydroxylation sites is 2. The maximum Gasteiger partial charge on any atom is 0.181 e. The van der Waals surface area contributed by atoms with Crippen molar-refractivity contribution < 1.29 is 18.3 Å². The number of aromatic nitrogens is 4. The van der Waals surface area contributed by atoms with E-state index in [2.05, 4.69) is 247 Å². The second-order valence-corrected chi connectivity index (χ2v) is 22.2. The third-order valence-corrected chi connectivity index (χ3v) is 17.7. The van der Waals surface area contributed by atoms with Gasteiger partial charge in [0.2, 0.25) is 0 Å². The number of nitrogens with zero attached hydrogens (tertiary/aromatic N) is 8. The van der Waals surface area contributed by atoms with Gasteiger partial charge in [0.05, 0.1) is 0 Å². The molecule has 4 aromatic carbocycles. The monoisotopic (exact) mass is 1070 g/mol. The summed E-state index contributed by atoms with van der Waals surface area (Å²) in [7, 11) is 4.32. The number of hydrogen-bond donors (Lipinski definition) is 0. The number of benzene rings is 4. The minimum atomic E-state index is 0.721. The molecule has 0 bridgehead atoms. The maximum absolute atomic E-state index is 5.13. The lowest BCUT2D eigenvalue weighted by atomic mass is 9.95. The zero-order valence-corrected chi connectivity index (χ0v) is 51.8. The van der Waals surface area contributed by atoms with Crippen molar-refractivity contribution in [1.29, 1.82) is 0 Å². The van der Waals surface area contributed by atoms with Crippen molar-refractivity contribution in [3.8, 4) is 0 Å². The smallest absolute Gasteiger partial charge is 0.181 e. The average Bonchev–Trinajstić information content (AvgIpc) is 4.03. The molecule has 2 aliphatic heterocycles. The third-order valence-electron chi connectivity index (χ3n) is 17.7. The van der Waals surface area contributed by atoms with E-state index >= 15 is 0 Å². The Balaban J connectivity index is 0.00000206. The molecule has 0 spiro atoms. The van der Waals surface area contributed by atoms with E-state index in [4.69, 9.17) is 10.2 Å². The van der Waals surface area contributed by atoms with Gasteiger partial charge >= 0.3 is 0 Å². The summed E-state index contributed by atoms with van der Waals surface area (Å²) >= 11 is 0. The summed E-state index contributed by atoms with van der Waals surface area (Å²) in [6.07, 6.45) is 3.38. The summed E-state index contributed by atoms with van der Waals surface area (Å²) in [6, 6.07) is 45.4. The van der Waals surface area contributed by atoms with Crippen molar-refractivity contribution in [2.24, 2.45) is 24.3 Å². The number of amidine groups is 2. The van der Waals surface area contributed by atoms with Gasteiger partial charge in [-0.25, -0.2) is 9.13 Å². The second kappa shape index (κ2) is 25.3. The number of fused-ring (bicyclic) bond motifs is 2. The molecule has 0 saturated heterocycles. The van der Waals surface area contributed by atoms with Crippen molar-refractivity contribution >= 4 is 23.0 Å². The molecule has 0 unspecified atom stereocenters. The minimum Gasteiger partial charge on any atom is -0.323 e. The van der Waals surface area contributed by atoms with Crippen molar-refractivity contribution in [3.63, 3.8) is 0 Å². The summed E-state index contributed by atoms with van der Waals surface area (Å²) in [5.41, 5.74) is 31.7. The van der Waals surface area contributed by atoms with Gasteiger partial charge in [0.1, 0.15) is 25.8 Å². The lowest BCUT2D eigenvalue weighted by molar-refractivity contribution is -0.700. The first kappa shape index (κ1) is 58.6. The summed E-state index contributed by atoms with van der Waals surface area (Å²) in [6.45, 7) is 38.1. The molecule has 80 heavy (non-hydrogen) atoms. The van der Waals surface area contributed by atoms with Crippen LogP contribution in [0.2, 0.25) is 0 Å². The molecular weight excluding hydrogens is 977 g/mol. The first-order valence-electron chi connectivity index (χ1n) is 29.3. The number of anilines is 2. The highest BCUT2D eigenvalue weighted by Gasteiger charge is 2.30. The van der Waals surface area contributed by atoms with Crippen LogP contribution in [0.3, 0.4) is 0 Å². The Kier molecular flexibility index (Phi) is 18.5. The summed E-state index contributed by atoms with van der Waals surface area (Å²) in [5, 5.41) is 10.3. The summed E-state index contributed by atoms with van der Waals surface area (Å²) in [4.78, 5) is 4.73. The standard InChI is InChI=1S/C68H78N8.2C2H6/c1-43-31-61(47(5)51(9)71(43)13)35-63-33-45(3)73(53(11)49(63)7)39-55-23-27-57(28-24-55)41-75-65-21-17-15-19-59(65)37-67(75)69-70-68-38-60-20-16-18-22-66(60)76(68)42-58-29-25-56(26-30-58)40-74-46(4)34-64(50(8)54(74)12)36-62-32-44(2)72(14)52(10)48(62)6;2*1-2/h15-34H,35-42H2,1-14H3;2*1-2H3/q+4;;/b69-67+,70-68+;;. The van der Waals surface area contributed by atoms with Crippen molar-refractivity contribution in [3.05, 3.63) is 245 Å². The molecule has 6 heterocycles. The van der Waals surface area contributed by atoms with E-state index < -0.39 is 0 Å². The molecule has 414 valence electrons. The van der Waals surface area contributed by atoms with Gasteiger partial charge in [-0.15, -0.1) is 10.2 Å². The fraction of sp³-hybridized carbons (Fsp3) is 0.361. The predicted octanol–water partition coefficient (Wildman–Crippen LogP) is 13.5. The molecule has 0 radical (unpaired) electrons. The molecule has 2 aliphatic rings. The van der Waals surface area contributed by atoms with Gasteiger partial charge in [-0.2, -0.15) is 9.13 Å². The summed E-state index contributed by atoms with van der Waals surface area (Å²) < 4.78 is 9.53. The largest absolute Gasteiger partial charge is 0.323 e. The SMILES string of the molecule is CC.CC.Cc1c(Cc2cc(C)[n+](Cc3ccc(CN4/C(=N/N=C5\Cc6ccccc6N5Cc5ccc(C[n+]6c(C)cc(Cc7cc(C)[n+](C)c(C)c7C)c(C)c6C)cc5)Cc5ccccc54)cc3)c(C)c2C)cc(C)[n+](C)c1C. The lowest BCUT2D eigenvalue weighted by Gasteiger charge is -2.21. The molecule has 8 aromatic rings. The highest BCUT2D eigenvalue weighted by molar-refractivity contribution is 6.07. The molecule has 8 heteroatoms. The van der Waals surface area contributed by atoms with E-state index in [1.165, 1.54) is 135 Å². The number of rotatable bonds is 13. The fourth-order valence-corrected chi connectivity index (χ4v) is 11.9. The van der Waals surface area contributed by atoms with Crippen LogP contribution in [0, 0.1) is 83.1 Å². The molecule has 4 aromatic heterocycles. The molecule has 10 rings (SSSR count). The Morgan fingerprint density at radius 1 is 0.375 bits per heavy atom. The molecular formula is C72H90N8+4. The molecule has 0 atom stereocenters. The number of pyridine rings is 4. The van der Waals surface area contributed by atoms with Crippen molar-refractivity contribution in [2.45, 2.75) is 163 Å². The van der Waals surface area contributed by atoms with Crippen LogP contribution in [0.15, 0.2) is 132 Å². The number of aryl methyl sites for hydroxylation is 4. The quantitative estimate of drug-likeness (QED) is 0.0853. The molecule has 0 fully saturated rings. The third kappa shape index (κ3) is 12.1. The normalized spacial score (nSPS) is 13.6. The predicted molar refractivity (Wildman–Crippen MR) is 332 cm³/mol. The zero-order chi connectivity index (χ0) is 57.7. The highest BCUT2D eigenvalue weighted by Crippen LogP contribution is 2.34. The van der Waals surface area contributed by atoms with Gasteiger partial charge in [0.25, 0.3) is 0 Å².